The van der Waals surface area contributed by atoms with Crippen molar-refractivity contribution in [3.05, 3.63) is 99.0 Å². The molecule has 1 N–H and O–H groups in total. The van der Waals surface area contributed by atoms with Crippen molar-refractivity contribution in [1.29, 1.82) is 0 Å². The molecule has 0 spiro atoms. The average molecular weight is 625 g/mol. The predicted molar refractivity (Wildman–Crippen MR) is 162 cm³/mol. The number of sulfonamides is 1. The third-order valence-corrected chi connectivity index (χ3v) is 8.24. The second-order valence-electron chi connectivity index (χ2n) is 9.81. The van der Waals surface area contributed by atoms with Gasteiger partial charge in [0.1, 0.15) is 12.6 Å². The summed E-state index contributed by atoms with van der Waals surface area (Å²) in [7, 11) is -3.88. The third kappa shape index (κ3) is 8.86. The molecule has 2 amide bonds. The van der Waals surface area contributed by atoms with Crippen LogP contribution < -0.4 is 9.62 Å². The number of carbonyl (C=O) groups excluding carboxylic acids is 2. The summed E-state index contributed by atoms with van der Waals surface area (Å²) >= 11 is 18.9. The first-order chi connectivity index (χ1) is 18.9. The summed E-state index contributed by atoms with van der Waals surface area (Å²) in [6, 6.07) is 19.4. The van der Waals surface area contributed by atoms with Gasteiger partial charge in [0.25, 0.3) is 0 Å². The minimum absolute atomic E-state index is 0.109. The minimum atomic E-state index is -3.88. The number of hydrogen-bond acceptors (Lipinski definition) is 4. The number of nitrogens with zero attached hydrogens (tertiary/aromatic N) is 2. The number of rotatable bonds is 12. The van der Waals surface area contributed by atoms with Gasteiger partial charge in [-0.2, -0.15) is 0 Å². The van der Waals surface area contributed by atoms with Crippen molar-refractivity contribution in [2.75, 3.05) is 23.7 Å². The first kappa shape index (κ1) is 31.7. The van der Waals surface area contributed by atoms with Crippen LogP contribution in [0.4, 0.5) is 5.69 Å². The Hall–Kier alpha value is -2.78. The maximum atomic E-state index is 14.1. The highest BCUT2D eigenvalue weighted by Crippen LogP contribution is 2.28. The fourth-order valence-corrected chi connectivity index (χ4v) is 5.54. The Kier molecular flexibility index (Phi) is 11.3. The molecule has 40 heavy (non-hydrogen) atoms. The normalized spacial score (nSPS) is 12.2. The Bertz CT molecular complexity index is 1400. The third-order valence-electron chi connectivity index (χ3n) is 6.14. The van der Waals surface area contributed by atoms with Crippen LogP contribution in [-0.4, -0.2) is 50.5 Å². The molecule has 3 aromatic rings. The Balaban J connectivity index is 2.08. The van der Waals surface area contributed by atoms with Gasteiger partial charge in [-0.15, -0.1) is 0 Å². The second kappa shape index (κ2) is 14.2. The van der Waals surface area contributed by atoms with Crippen molar-refractivity contribution in [2.45, 2.75) is 32.9 Å². The lowest BCUT2D eigenvalue weighted by molar-refractivity contribution is -0.140. The monoisotopic (exact) mass is 623 g/mol. The van der Waals surface area contributed by atoms with Gasteiger partial charge < -0.3 is 10.2 Å². The summed E-state index contributed by atoms with van der Waals surface area (Å²) < 4.78 is 26.6. The van der Waals surface area contributed by atoms with Gasteiger partial charge in [-0.25, -0.2) is 8.42 Å². The lowest BCUT2D eigenvalue weighted by Gasteiger charge is -2.34. The number of halogens is 3. The van der Waals surface area contributed by atoms with Crippen LogP contribution in [0.15, 0.2) is 72.8 Å². The second-order valence-corrected chi connectivity index (χ2v) is 13.0. The van der Waals surface area contributed by atoms with Gasteiger partial charge in [0.15, 0.2) is 0 Å². The van der Waals surface area contributed by atoms with E-state index in [1.54, 1.807) is 30.3 Å². The maximum absolute atomic E-state index is 14.1. The largest absolute Gasteiger partial charge is 0.354 e. The fourth-order valence-electron chi connectivity index (χ4n) is 4.05. The zero-order valence-corrected chi connectivity index (χ0v) is 25.6. The maximum Gasteiger partial charge on any atom is 0.244 e. The molecule has 3 rings (SSSR count). The molecule has 214 valence electrons. The Morgan fingerprint density at radius 2 is 1.48 bits per heavy atom. The fraction of sp³-hybridized carbons (Fsp3) is 0.310. The van der Waals surface area contributed by atoms with Crippen LogP contribution in [-0.2, 0) is 32.6 Å². The molecule has 3 aromatic carbocycles. The van der Waals surface area contributed by atoms with Crippen LogP contribution in [0.1, 0.15) is 25.0 Å². The highest BCUT2D eigenvalue weighted by Gasteiger charge is 2.33. The summed E-state index contributed by atoms with van der Waals surface area (Å²) in [5, 5.41) is 3.99. The van der Waals surface area contributed by atoms with Crippen LogP contribution in [0.2, 0.25) is 15.1 Å². The molecule has 0 aromatic heterocycles. The van der Waals surface area contributed by atoms with E-state index in [-0.39, 0.29) is 30.5 Å². The molecule has 0 aliphatic heterocycles. The lowest BCUT2D eigenvalue weighted by atomic mass is 10.0. The molecule has 0 radical (unpaired) electrons. The van der Waals surface area contributed by atoms with E-state index in [4.69, 9.17) is 34.8 Å². The first-order valence-electron chi connectivity index (χ1n) is 12.6. The van der Waals surface area contributed by atoms with Crippen LogP contribution in [0.3, 0.4) is 0 Å². The highest BCUT2D eigenvalue weighted by atomic mass is 35.5. The number of amides is 2. The van der Waals surface area contributed by atoms with Gasteiger partial charge in [0.2, 0.25) is 21.8 Å². The molecule has 1 unspecified atom stereocenters. The summed E-state index contributed by atoms with van der Waals surface area (Å²) in [6.07, 6.45) is 1.21. The van der Waals surface area contributed by atoms with Crippen molar-refractivity contribution in [1.82, 2.24) is 10.2 Å². The SMILES string of the molecule is CC(C)CNC(=O)C(Cc1ccccc1)N(Cc1c(Cl)cccc1Cl)C(=O)CN(c1ccc(Cl)cc1)S(C)(=O)=O. The molecule has 0 saturated carbocycles. The van der Waals surface area contributed by atoms with E-state index < -0.39 is 28.5 Å². The number of carbonyl (C=O) groups is 2. The van der Waals surface area contributed by atoms with Crippen LogP contribution in [0.25, 0.3) is 0 Å². The number of benzene rings is 3. The van der Waals surface area contributed by atoms with E-state index >= 15 is 0 Å². The van der Waals surface area contributed by atoms with E-state index in [0.717, 1.165) is 16.1 Å². The summed E-state index contributed by atoms with van der Waals surface area (Å²) in [6.45, 7) is 3.68. The van der Waals surface area contributed by atoms with E-state index in [9.17, 15) is 18.0 Å². The first-order valence-corrected chi connectivity index (χ1v) is 15.6. The molecular weight excluding hydrogens is 593 g/mol. The molecule has 1 atom stereocenters. The molecule has 0 aliphatic rings. The van der Waals surface area contributed by atoms with Crippen LogP contribution in [0, 0.1) is 5.92 Å². The number of nitrogens with one attached hydrogen (secondary N) is 1. The van der Waals surface area contributed by atoms with Crippen molar-refractivity contribution < 1.29 is 18.0 Å². The minimum Gasteiger partial charge on any atom is -0.354 e. The van der Waals surface area contributed by atoms with Gasteiger partial charge >= 0.3 is 0 Å². The van der Waals surface area contributed by atoms with Crippen LogP contribution >= 0.6 is 34.8 Å². The predicted octanol–water partition coefficient (Wildman–Crippen LogP) is 5.83. The van der Waals surface area contributed by atoms with Gasteiger partial charge in [0.05, 0.1) is 11.9 Å². The van der Waals surface area contributed by atoms with E-state index in [2.05, 4.69) is 5.32 Å². The molecule has 11 heteroatoms. The standard InChI is InChI=1S/C29H32Cl3N3O4S/c1-20(2)17-33-29(37)27(16-21-8-5-4-6-9-21)34(18-24-25(31)10-7-11-26(24)32)28(36)19-35(40(3,38)39)23-14-12-22(30)13-15-23/h4-15,20,27H,16-19H2,1-3H3,(H,33,37). The molecule has 7 nitrogen and oxygen atoms in total. The van der Waals surface area contributed by atoms with E-state index in [1.807, 2.05) is 44.2 Å². The van der Waals surface area contributed by atoms with Crippen LogP contribution in [0.5, 0.6) is 0 Å². The Morgan fingerprint density at radius 3 is 2.02 bits per heavy atom. The van der Waals surface area contributed by atoms with Crippen molar-refractivity contribution in [2.24, 2.45) is 5.92 Å². The lowest BCUT2D eigenvalue weighted by Crippen LogP contribution is -2.53. The topological polar surface area (TPSA) is 86.8 Å². The van der Waals surface area contributed by atoms with E-state index in [1.165, 1.54) is 17.0 Å². The summed E-state index contributed by atoms with van der Waals surface area (Å²) in [5.74, 6) is -0.794. The van der Waals surface area contributed by atoms with Crippen molar-refractivity contribution in [3.63, 3.8) is 0 Å². The van der Waals surface area contributed by atoms with Gasteiger partial charge in [-0.3, -0.25) is 13.9 Å². The Labute approximate surface area is 251 Å². The van der Waals surface area contributed by atoms with Gasteiger partial charge in [-0.1, -0.05) is 85.0 Å². The average Bonchev–Trinajstić information content (AvgIpc) is 2.89. The smallest absolute Gasteiger partial charge is 0.244 e. The molecule has 0 heterocycles. The summed E-state index contributed by atoms with van der Waals surface area (Å²) in [5.41, 5.74) is 1.54. The zero-order chi connectivity index (χ0) is 29.4. The molecule has 0 aliphatic carbocycles. The summed E-state index contributed by atoms with van der Waals surface area (Å²) in [4.78, 5) is 29.1. The quantitative estimate of drug-likeness (QED) is 0.275. The number of anilines is 1. The van der Waals surface area contributed by atoms with Crippen molar-refractivity contribution in [3.8, 4) is 0 Å². The van der Waals surface area contributed by atoms with Crippen molar-refractivity contribution >= 4 is 62.3 Å². The van der Waals surface area contributed by atoms with Gasteiger partial charge in [-0.05, 0) is 47.9 Å². The van der Waals surface area contributed by atoms with E-state index in [0.29, 0.717) is 27.2 Å². The zero-order valence-electron chi connectivity index (χ0n) is 22.5. The molecule has 0 fully saturated rings. The molecular formula is C29H32Cl3N3O4S. The Morgan fingerprint density at radius 1 is 0.875 bits per heavy atom. The number of hydrogen-bond donors (Lipinski definition) is 1. The molecule has 0 saturated heterocycles. The van der Waals surface area contributed by atoms with Gasteiger partial charge in [0, 0.05) is 40.1 Å². The molecule has 0 bridgehead atoms. The highest BCUT2D eigenvalue weighted by molar-refractivity contribution is 7.92.